The third-order valence-corrected chi connectivity index (χ3v) is 2.71. The molecule has 0 saturated heterocycles. The molecule has 0 aromatic heterocycles. The standard InChI is InChI=1S/C12H15NO/c1-8(2)12-11(14)7-9-5-3-4-6-10(9)13-12/h3-6,8,12-13H,7H2,1-2H3. The second kappa shape index (κ2) is 3.45. The summed E-state index contributed by atoms with van der Waals surface area (Å²) in [7, 11) is 0. The van der Waals surface area contributed by atoms with Gasteiger partial charge in [0.2, 0.25) is 0 Å². The number of carbonyl (C=O) groups is 1. The van der Waals surface area contributed by atoms with Crippen molar-refractivity contribution in [3.63, 3.8) is 0 Å². The molecular formula is C12H15NO. The lowest BCUT2D eigenvalue weighted by atomic mass is 9.90. The van der Waals surface area contributed by atoms with Gasteiger partial charge in [-0.05, 0) is 17.5 Å². The summed E-state index contributed by atoms with van der Waals surface area (Å²) in [6.07, 6.45) is 0.575. The van der Waals surface area contributed by atoms with Crippen LogP contribution in [0.3, 0.4) is 0 Å². The molecule has 0 fully saturated rings. The maximum Gasteiger partial charge on any atom is 0.159 e. The molecule has 1 atom stereocenters. The Balaban J connectivity index is 2.31. The number of carbonyl (C=O) groups excluding carboxylic acids is 1. The number of hydrogen-bond acceptors (Lipinski definition) is 2. The van der Waals surface area contributed by atoms with Gasteiger partial charge in [-0.2, -0.15) is 0 Å². The van der Waals surface area contributed by atoms with Crippen molar-refractivity contribution >= 4 is 11.5 Å². The number of ketones is 1. The Morgan fingerprint density at radius 3 is 2.79 bits per heavy atom. The van der Waals surface area contributed by atoms with Crippen molar-refractivity contribution in [3.8, 4) is 0 Å². The van der Waals surface area contributed by atoms with Gasteiger partial charge >= 0.3 is 0 Å². The first-order chi connectivity index (χ1) is 6.68. The average Bonchev–Trinajstić information content (AvgIpc) is 2.16. The molecule has 0 spiro atoms. The highest BCUT2D eigenvalue weighted by Crippen LogP contribution is 2.25. The summed E-state index contributed by atoms with van der Waals surface area (Å²) in [6.45, 7) is 4.15. The summed E-state index contributed by atoms with van der Waals surface area (Å²) in [5, 5.41) is 3.30. The first kappa shape index (κ1) is 9.25. The summed E-state index contributed by atoms with van der Waals surface area (Å²) < 4.78 is 0. The smallest absolute Gasteiger partial charge is 0.159 e. The van der Waals surface area contributed by atoms with E-state index in [0.717, 1.165) is 11.3 Å². The molecule has 74 valence electrons. The largest absolute Gasteiger partial charge is 0.375 e. The molecule has 1 aromatic rings. The fourth-order valence-corrected chi connectivity index (χ4v) is 1.90. The Morgan fingerprint density at radius 1 is 1.36 bits per heavy atom. The Kier molecular flexibility index (Phi) is 2.28. The highest BCUT2D eigenvalue weighted by molar-refractivity contribution is 5.92. The van der Waals surface area contributed by atoms with Crippen LogP contribution >= 0.6 is 0 Å². The number of fused-ring (bicyclic) bond motifs is 1. The van der Waals surface area contributed by atoms with Gasteiger partial charge in [0.1, 0.15) is 0 Å². The number of Topliss-reactive ketones (excluding diaryl/α,β-unsaturated/α-hetero) is 1. The molecule has 2 rings (SSSR count). The van der Waals surface area contributed by atoms with Gasteiger partial charge < -0.3 is 5.32 Å². The topological polar surface area (TPSA) is 29.1 Å². The van der Waals surface area contributed by atoms with Crippen LogP contribution < -0.4 is 5.32 Å². The molecule has 2 nitrogen and oxygen atoms in total. The lowest BCUT2D eigenvalue weighted by Gasteiger charge is -2.28. The van der Waals surface area contributed by atoms with E-state index >= 15 is 0 Å². The van der Waals surface area contributed by atoms with Crippen LogP contribution in [0, 0.1) is 5.92 Å². The zero-order valence-corrected chi connectivity index (χ0v) is 8.58. The minimum absolute atomic E-state index is 0.00935. The van der Waals surface area contributed by atoms with Crippen LogP contribution in [0.25, 0.3) is 0 Å². The van der Waals surface area contributed by atoms with Crippen LogP contribution in [0.2, 0.25) is 0 Å². The molecule has 0 amide bonds. The molecule has 1 aliphatic heterocycles. The van der Waals surface area contributed by atoms with Crippen molar-refractivity contribution in [1.82, 2.24) is 0 Å². The number of hydrogen-bond donors (Lipinski definition) is 1. The zero-order chi connectivity index (χ0) is 10.1. The SMILES string of the molecule is CC(C)C1Nc2ccccc2CC1=O. The second-order valence-electron chi connectivity index (χ2n) is 4.17. The van der Waals surface area contributed by atoms with E-state index in [0.29, 0.717) is 18.1 Å². The molecule has 1 unspecified atom stereocenters. The van der Waals surface area contributed by atoms with Crippen LogP contribution in [0.15, 0.2) is 24.3 Å². The second-order valence-corrected chi connectivity index (χ2v) is 4.17. The van der Waals surface area contributed by atoms with Gasteiger partial charge in [0.25, 0.3) is 0 Å². The predicted molar refractivity (Wildman–Crippen MR) is 57.4 cm³/mol. The van der Waals surface area contributed by atoms with Gasteiger partial charge in [0.15, 0.2) is 5.78 Å². The summed E-state index contributed by atoms with van der Waals surface area (Å²) in [4.78, 5) is 11.7. The summed E-state index contributed by atoms with van der Waals surface area (Å²) in [5.41, 5.74) is 2.24. The molecule has 2 heteroatoms. The minimum atomic E-state index is -0.00935. The Labute approximate surface area is 84.3 Å². The molecule has 0 aliphatic carbocycles. The number of benzene rings is 1. The van der Waals surface area contributed by atoms with Crippen molar-refractivity contribution in [2.45, 2.75) is 26.3 Å². The van der Waals surface area contributed by atoms with Crippen molar-refractivity contribution in [3.05, 3.63) is 29.8 Å². The van der Waals surface area contributed by atoms with E-state index in [-0.39, 0.29) is 6.04 Å². The minimum Gasteiger partial charge on any atom is -0.375 e. The highest BCUT2D eigenvalue weighted by Gasteiger charge is 2.27. The first-order valence-corrected chi connectivity index (χ1v) is 5.05. The van der Waals surface area contributed by atoms with E-state index in [1.165, 1.54) is 0 Å². The van der Waals surface area contributed by atoms with Crippen LogP contribution in [-0.2, 0) is 11.2 Å². The van der Waals surface area contributed by atoms with E-state index in [2.05, 4.69) is 19.2 Å². The molecule has 0 saturated carbocycles. The van der Waals surface area contributed by atoms with E-state index in [1.54, 1.807) is 0 Å². The molecule has 0 radical (unpaired) electrons. The van der Waals surface area contributed by atoms with E-state index in [9.17, 15) is 4.79 Å². The number of nitrogens with one attached hydrogen (secondary N) is 1. The normalized spacial score (nSPS) is 20.5. The van der Waals surface area contributed by atoms with E-state index in [4.69, 9.17) is 0 Å². The first-order valence-electron chi connectivity index (χ1n) is 5.05. The Hall–Kier alpha value is -1.31. The highest BCUT2D eigenvalue weighted by atomic mass is 16.1. The third kappa shape index (κ3) is 1.52. The molecule has 0 bridgehead atoms. The van der Waals surface area contributed by atoms with Crippen LogP contribution in [-0.4, -0.2) is 11.8 Å². The predicted octanol–water partition coefficient (Wildman–Crippen LogP) is 2.25. The fourth-order valence-electron chi connectivity index (χ4n) is 1.90. The molecule has 1 aliphatic rings. The van der Waals surface area contributed by atoms with Gasteiger partial charge in [-0.3, -0.25) is 4.79 Å². The number of para-hydroxylation sites is 1. The monoisotopic (exact) mass is 189 g/mol. The Morgan fingerprint density at radius 2 is 2.07 bits per heavy atom. The quantitative estimate of drug-likeness (QED) is 0.734. The summed E-state index contributed by atoms with van der Waals surface area (Å²) in [5.74, 6) is 0.662. The van der Waals surface area contributed by atoms with Crippen LogP contribution in [0.5, 0.6) is 0 Å². The van der Waals surface area contributed by atoms with Gasteiger partial charge in [-0.25, -0.2) is 0 Å². The van der Waals surface area contributed by atoms with Gasteiger partial charge in [0, 0.05) is 12.1 Å². The molecule has 1 heterocycles. The maximum absolute atomic E-state index is 11.7. The summed E-state index contributed by atoms with van der Waals surface area (Å²) in [6, 6.07) is 8.01. The molecular weight excluding hydrogens is 174 g/mol. The average molecular weight is 189 g/mol. The summed E-state index contributed by atoms with van der Waals surface area (Å²) >= 11 is 0. The lowest BCUT2D eigenvalue weighted by Crippen LogP contribution is -2.39. The van der Waals surface area contributed by atoms with Crippen molar-refractivity contribution in [1.29, 1.82) is 0 Å². The van der Waals surface area contributed by atoms with Gasteiger partial charge in [0.05, 0.1) is 6.04 Å². The molecule has 14 heavy (non-hydrogen) atoms. The third-order valence-electron chi connectivity index (χ3n) is 2.71. The molecule has 1 aromatic carbocycles. The number of anilines is 1. The van der Waals surface area contributed by atoms with Crippen molar-refractivity contribution < 1.29 is 4.79 Å². The van der Waals surface area contributed by atoms with Crippen molar-refractivity contribution in [2.24, 2.45) is 5.92 Å². The van der Waals surface area contributed by atoms with E-state index in [1.807, 2.05) is 24.3 Å². The van der Waals surface area contributed by atoms with Crippen molar-refractivity contribution in [2.75, 3.05) is 5.32 Å². The Bertz CT molecular complexity index is 357. The molecule has 1 N–H and O–H groups in total. The van der Waals surface area contributed by atoms with Crippen LogP contribution in [0.4, 0.5) is 5.69 Å². The van der Waals surface area contributed by atoms with Gasteiger partial charge in [-0.1, -0.05) is 32.0 Å². The zero-order valence-electron chi connectivity index (χ0n) is 8.58. The van der Waals surface area contributed by atoms with Gasteiger partial charge in [-0.15, -0.1) is 0 Å². The lowest BCUT2D eigenvalue weighted by molar-refractivity contribution is -0.120. The maximum atomic E-state index is 11.7. The number of rotatable bonds is 1. The van der Waals surface area contributed by atoms with Crippen LogP contribution in [0.1, 0.15) is 19.4 Å². The van der Waals surface area contributed by atoms with E-state index < -0.39 is 0 Å². The fraction of sp³-hybridized carbons (Fsp3) is 0.417.